The molecule has 1 atom stereocenters. The van der Waals surface area contributed by atoms with Gasteiger partial charge in [0.2, 0.25) is 5.91 Å². The number of carboxylic acids is 1. The number of carbonyl (C=O) groups excluding carboxylic acids is 1. The summed E-state index contributed by atoms with van der Waals surface area (Å²) in [5, 5.41) is 19.9. The van der Waals surface area contributed by atoms with E-state index in [9.17, 15) is 9.59 Å². The van der Waals surface area contributed by atoms with Crippen molar-refractivity contribution in [1.29, 1.82) is 5.26 Å². The fourth-order valence-electron chi connectivity index (χ4n) is 1.58. The summed E-state index contributed by atoms with van der Waals surface area (Å²) in [6.45, 7) is 6.00. The molecular weight excluding hydrogens is 252 g/mol. The zero-order chi connectivity index (χ0) is 14.2. The lowest BCUT2D eigenvalue weighted by molar-refractivity contribution is -0.137. The molecule has 0 aromatic heterocycles. The van der Waals surface area contributed by atoms with Crippen LogP contribution in [0.3, 0.4) is 0 Å². The molecule has 0 aliphatic heterocycles. The molecule has 0 radical (unpaired) electrons. The first-order valence-corrected chi connectivity index (χ1v) is 6.86. The monoisotopic (exact) mass is 272 g/mol. The molecule has 0 aliphatic carbocycles. The summed E-state index contributed by atoms with van der Waals surface area (Å²) in [6, 6.07) is 1.57. The molecule has 0 bridgehead atoms. The normalized spacial score (nSPS) is 12.6. The second-order valence-corrected chi connectivity index (χ2v) is 6.26. The quantitative estimate of drug-likeness (QED) is 0.688. The summed E-state index contributed by atoms with van der Waals surface area (Å²) in [5.41, 5.74) is -0.0484. The fraction of sp³-hybridized carbons (Fsp3) is 0.750. The second kappa shape index (κ2) is 7.98. The summed E-state index contributed by atoms with van der Waals surface area (Å²) < 4.78 is 0. The molecule has 6 heteroatoms. The Balaban J connectivity index is 4.27. The van der Waals surface area contributed by atoms with E-state index in [0.717, 1.165) is 0 Å². The average Bonchev–Trinajstić information content (AvgIpc) is 2.13. The first-order chi connectivity index (χ1) is 8.24. The molecule has 2 N–H and O–H groups in total. The van der Waals surface area contributed by atoms with Crippen molar-refractivity contribution in [2.75, 3.05) is 11.5 Å². The van der Waals surface area contributed by atoms with Gasteiger partial charge in [-0.2, -0.15) is 5.26 Å². The molecule has 1 amide bonds. The lowest BCUT2D eigenvalue weighted by Gasteiger charge is -2.25. The van der Waals surface area contributed by atoms with Gasteiger partial charge in [0.1, 0.15) is 0 Å². The highest BCUT2D eigenvalue weighted by Crippen LogP contribution is 2.22. The highest BCUT2D eigenvalue weighted by Gasteiger charge is 2.22. The second-order valence-electron chi connectivity index (χ2n) is 5.28. The van der Waals surface area contributed by atoms with E-state index in [1.165, 1.54) is 11.8 Å². The van der Waals surface area contributed by atoms with Crippen molar-refractivity contribution < 1.29 is 14.7 Å². The zero-order valence-corrected chi connectivity index (χ0v) is 11.8. The number of amides is 1. The minimum Gasteiger partial charge on any atom is -0.481 e. The molecule has 0 spiro atoms. The molecule has 0 aliphatic rings. The lowest BCUT2D eigenvalue weighted by Crippen LogP contribution is -2.40. The van der Waals surface area contributed by atoms with Crippen LogP contribution in [0.5, 0.6) is 0 Å². The molecule has 18 heavy (non-hydrogen) atoms. The Bertz CT molecular complexity index is 331. The van der Waals surface area contributed by atoms with Crippen molar-refractivity contribution in [3.05, 3.63) is 0 Å². The van der Waals surface area contributed by atoms with Gasteiger partial charge in [-0.05, 0) is 11.8 Å². The highest BCUT2D eigenvalue weighted by atomic mass is 32.2. The summed E-state index contributed by atoms with van der Waals surface area (Å²) in [7, 11) is 0. The Morgan fingerprint density at radius 3 is 2.50 bits per heavy atom. The highest BCUT2D eigenvalue weighted by molar-refractivity contribution is 8.00. The van der Waals surface area contributed by atoms with Gasteiger partial charge in [0.25, 0.3) is 0 Å². The third kappa shape index (κ3) is 9.97. The van der Waals surface area contributed by atoms with E-state index < -0.39 is 5.97 Å². The largest absolute Gasteiger partial charge is 0.481 e. The van der Waals surface area contributed by atoms with E-state index in [2.05, 4.69) is 5.32 Å². The Labute approximate surface area is 112 Å². The topological polar surface area (TPSA) is 90.2 Å². The molecule has 0 saturated heterocycles. The van der Waals surface area contributed by atoms with Crippen LogP contribution in [0.1, 0.15) is 33.6 Å². The molecule has 1 unspecified atom stereocenters. The van der Waals surface area contributed by atoms with Crippen molar-refractivity contribution in [3.8, 4) is 6.07 Å². The van der Waals surface area contributed by atoms with Gasteiger partial charge in [0.15, 0.2) is 0 Å². The van der Waals surface area contributed by atoms with Crippen molar-refractivity contribution in [2.45, 2.75) is 39.7 Å². The minimum absolute atomic E-state index is 0.0484. The van der Waals surface area contributed by atoms with E-state index in [4.69, 9.17) is 10.4 Å². The Morgan fingerprint density at radius 2 is 2.06 bits per heavy atom. The number of rotatable bonds is 7. The number of nitrogens with zero attached hydrogens (tertiary/aromatic N) is 1. The van der Waals surface area contributed by atoms with Crippen LogP contribution >= 0.6 is 11.8 Å². The molecule has 0 saturated carbocycles. The molecule has 0 rings (SSSR count). The molecule has 5 nitrogen and oxygen atoms in total. The van der Waals surface area contributed by atoms with Crippen LogP contribution in [0.25, 0.3) is 0 Å². The Morgan fingerprint density at radius 1 is 1.44 bits per heavy atom. The molecule has 0 fully saturated rings. The predicted molar refractivity (Wildman–Crippen MR) is 71.2 cm³/mol. The summed E-state index contributed by atoms with van der Waals surface area (Å²) in [4.78, 5) is 22.3. The smallest absolute Gasteiger partial charge is 0.305 e. The number of aliphatic carboxylic acids is 1. The van der Waals surface area contributed by atoms with Gasteiger partial charge < -0.3 is 10.4 Å². The van der Waals surface area contributed by atoms with Gasteiger partial charge in [-0.25, -0.2) is 0 Å². The van der Waals surface area contributed by atoms with Crippen molar-refractivity contribution >= 4 is 23.6 Å². The van der Waals surface area contributed by atoms with Crippen LogP contribution in [0, 0.1) is 16.7 Å². The van der Waals surface area contributed by atoms with Crippen LogP contribution in [0.4, 0.5) is 0 Å². The van der Waals surface area contributed by atoms with Gasteiger partial charge in [-0.1, -0.05) is 20.8 Å². The fourth-order valence-corrected chi connectivity index (χ4v) is 2.05. The van der Waals surface area contributed by atoms with E-state index in [-0.39, 0.29) is 35.3 Å². The molecular formula is C12H20N2O3S. The molecule has 102 valence electrons. The number of carbonyl (C=O) groups is 2. The minimum atomic E-state index is -0.922. The maximum absolute atomic E-state index is 11.6. The summed E-state index contributed by atoms with van der Waals surface area (Å²) >= 11 is 1.22. The van der Waals surface area contributed by atoms with Crippen molar-refractivity contribution in [1.82, 2.24) is 5.32 Å². The lowest BCUT2D eigenvalue weighted by atomic mass is 9.87. The van der Waals surface area contributed by atoms with Crippen LogP contribution in [-0.4, -0.2) is 34.5 Å². The van der Waals surface area contributed by atoms with Crippen LogP contribution in [0.2, 0.25) is 0 Å². The van der Waals surface area contributed by atoms with E-state index >= 15 is 0 Å². The standard InChI is InChI=1S/C12H20N2O3S/c1-12(2,3)7-9(6-11(16)17)14-10(15)8-18-5-4-13/h9H,5-8H2,1-3H3,(H,14,15)(H,16,17). The molecule has 0 aromatic carbocycles. The number of nitrogens with one attached hydrogen (secondary N) is 1. The molecule has 0 heterocycles. The average molecular weight is 272 g/mol. The maximum Gasteiger partial charge on any atom is 0.305 e. The summed E-state index contributed by atoms with van der Waals surface area (Å²) in [5.74, 6) is -0.690. The van der Waals surface area contributed by atoms with Gasteiger partial charge in [0.05, 0.1) is 24.0 Å². The first-order valence-electron chi connectivity index (χ1n) is 5.70. The zero-order valence-electron chi connectivity index (χ0n) is 11.0. The van der Waals surface area contributed by atoms with Gasteiger partial charge >= 0.3 is 5.97 Å². The Hall–Kier alpha value is -1.22. The SMILES string of the molecule is CC(C)(C)CC(CC(=O)O)NC(=O)CSCC#N. The number of hydrogen-bond acceptors (Lipinski definition) is 4. The number of hydrogen-bond donors (Lipinski definition) is 2. The van der Waals surface area contributed by atoms with Crippen LogP contribution < -0.4 is 5.32 Å². The third-order valence-electron chi connectivity index (χ3n) is 2.04. The third-order valence-corrected chi connectivity index (χ3v) is 2.84. The van der Waals surface area contributed by atoms with Gasteiger partial charge in [-0.15, -0.1) is 11.8 Å². The number of nitriles is 1. The number of carboxylic acid groups (broad SMARTS) is 1. The summed E-state index contributed by atoms with van der Waals surface area (Å²) in [6.07, 6.45) is 0.528. The molecule has 0 aromatic rings. The van der Waals surface area contributed by atoms with Crippen molar-refractivity contribution in [3.63, 3.8) is 0 Å². The van der Waals surface area contributed by atoms with Gasteiger partial charge in [0, 0.05) is 6.04 Å². The predicted octanol–water partition coefficient (Wildman–Crippen LogP) is 1.64. The first kappa shape index (κ1) is 16.8. The van der Waals surface area contributed by atoms with Crippen LogP contribution in [0.15, 0.2) is 0 Å². The van der Waals surface area contributed by atoms with E-state index in [1.54, 1.807) is 0 Å². The van der Waals surface area contributed by atoms with Crippen LogP contribution in [-0.2, 0) is 9.59 Å². The van der Waals surface area contributed by atoms with Gasteiger partial charge in [-0.3, -0.25) is 9.59 Å². The maximum atomic E-state index is 11.6. The van der Waals surface area contributed by atoms with E-state index in [1.807, 2.05) is 26.8 Å². The number of thioether (sulfide) groups is 1. The van der Waals surface area contributed by atoms with E-state index in [0.29, 0.717) is 6.42 Å². The Kier molecular flexibility index (Phi) is 7.44. The van der Waals surface area contributed by atoms with Crippen molar-refractivity contribution in [2.24, 2.45) is 5.41 Å².